The van der Waals surface area contributed by atoms with Crippen LogP contribution in [0, 0.1) is 17.5 Å². The maximum Gasteiger partial charge on any atom is 0.173 e. The van der Waals surface area contributed by atoms with Crippen molar-refractivity contribution < 1.29 is 13.2 Å². The van der Waals surface area contributed by atoms with Crippen LogP contribution in [0.1, 0.15) is 17.2 Å². The average Bonchev–Trinajstić information content (AvgIpc) is 2.43. The summed E-state index contributed by atoms with van der Waals surface area (Å²) >= 11 is 3.07. The van der Waals surface area contributed by atoms with Gasteiger partial charge in [-0.2, -0.15) is 0 Å². The minimum atomic E-state index is -0.915. The van der Waals surface area contributed by atoms with Crippen LogP contribution in [0.5, 0.6) is 0 Å². The average molecular weight is 344 g/mol. The summed E-state index contributed by atoms with van der Waals surface area (Å²) in [4.78, 5) is 0. The van der Waals surface area contributed by atoms with Crippen LogP contribution < -0.4 is 5.32 Å². The second kappa shape index (κ2) is 6.41. The van der Waals surface area contributed by atoms with E-state index in [1.165, 1.54) is 18.2 Å². The molecule has 0 spiro atoms. The van der Waals surface area contributed by atoms with Gasteiger partial charge in [0.1, 0.15) is 5.82 Å². The lowest BCUT2D eigenvalue weighted by molar-refractivity contribution is 0.495. The van der Waals surface area contributed by atoms with Crippen molar-refractivity contribution in [2.45, 2.75) is 12.5 Å². The summed E-state index contributed by atoms with van der Waals surface area (Å²) in [6, 6.07) is 8.57. The van der Waals surface area contributed by atoms with Gasteiger partial charge in [-0.05, 0) is 58.7 Å². The van der Waals surface area contributed by atoms with Gasteiger partial charge in [0.15, 0.2) is 11.6 Å². The fourth-order valence-electron chi connectivity index (χ4n) is 2.08. The van der Waals surface area contributed by atoms with Gasteiger partial charge in [0, 0.05) is 6.04 Å². The van der Waals surface area contributed by atoms with Crippen LogP contribution >= 0.6 is 15.9 Å². The van der Waals surface area contributed by atoms with Gasteiger partial charge in [0.25, 0.3) is 0 Å². The predicted molar refractivity (Wildman–Crippen MR) is 76.0 cm³/mol. The summed E-state index contributed by atoms with van der Waals surface area (Å²) in [5, 5.41) is 3.03. The highest BCUT2D eigenvalue weighted by atomic mass is 79.9. The maximum atomic E-state index is 13.6. The summed E-state index contributed by atoms with van der Waals surface area (Å²) < 4.78 is 40.0. The van der Waals surface area contributed by atoms with Crippen molar-refractivity contribution >= 4 is 15.9 Å². The molecule has 2 rings (SSSR count). The van der Waals surface area contributed by atoms with Gasteiger partial charge < -0.3 is 5.32 Å². The molecule has 0 aromatic heterocycles. The van der Waals surface area contributed by atoms with Crippen LogP contribution in [0.2, 0.25) is 0 Å². The third-order valence-electron chi connectivity index (χ3n) is 3.12. The van der Waals surface area contributed by atoms with E-state index >= 15 is 0 Å². The van der Waals surface area contributed by atoms with Crippen LogP contribution in [0.4, 0.5) is 13.2 Å². The van der Waals surface area contributed by atoms with Crippen molar-refractivity contribution in [1.29, 1.82) is 0 Å². The third-order valence-corrected chi connectivity index (χ3v) is 3.92. The fourth-order valence-corrected chi connectivity index (χ4v) is 2.68. The number of hydrogen-bond donors (Lipinski definition) is 1. The van der Waals surface area contributed by atoms with Gasteiger partial charge in [-0.3, -0.25) is 0 Å². The van der Waals surface area contributed by atoms with E-state index in [9.17, 15) is 13.2 Å². The summed E-state index contributed by atoms with van der Waals surface area (Å²) in [5.41, 5.74) is 1.37. The van der Waals surface area contributed by atoms with E-state index in [2.05, 4.69) is 21.2 Å². The summed E-state index contributed by atoms with van der Waals surface area (Å²) in [6.07, 6.45) is 0.470. The molecule has 0 aliphatic carbocycles. The molecule has 0 saturated heterocycles. The van der Waals surface area contributed by atoms with Crippen molar-refractivity contribution in [3.8, 4) is 0 Å². The molecule has 2 aromatic carbocycles. The number of halogens is 4. The molecule has 1 N–H and O–H groups in total. The first-order chi connectivity index (χ1) is 9.52. The first kappa shape index (κ1) is 15.1. The predicted octanol–water partition coefficient (Wildman–Crippen LogP) is 4.37. The number of likely N-dealkylation sites (N-methyl/N-ethyl adjacent to an activating group) is 1. The molecule has 5 heteroatoms. The molecule has 0 amide bonds. The van der Waals surface area contributed by atoms with Crippen molar-refractivity contribution in [3.05, 3.63) is 69.4 Å². The van der Waals surface area contributed by atoms with E-state index < -0.39 is 11.6 Å². The topological polar surface area (TPSA) is 12.0 Å². The highest BCUT2D eigenvalue weighted by molar-refractivity contribution is 9.10. The Kier molecular flexibility index (Phi) is 4.83. The Morgan fingerprint density at radius 2 is 1.90 bits per heavy atom. The molecule has 1 atom stereocenters. The SMILES string of the molecule is CNC(Cc1cccc(F)c1)c1ccc(F)c(F)c1Br. The lowest BCUT2D eigenvalue weighted by Crippen LogP contribution is -2.20. The second-order valence-electron chi connectivity index (χ2n) is 4.44. The van der Waals surface area contributed by atoms with Crippen LogP contribution in [-0.2, 0) is 6.42 Å². The largest absolute Gasteiger partial charge is 0.313 e. The lowest BCUT2D eigenvalue weighted by Gasteiger charge is -2.19. The van der Waals surface area contributed by atoms with Crippen molar-refractivity contribution in [3.63, 3.8) is 0 Å². The molecule has 20 heavy (non-hydrogen) atoms. The molecule has 0 aliphatic heterocycles. The van der Waals surface area contributed by atoms with Crippen molar-refractivity contribution in [2.24, 2.45) is 0 Å². The van der Waals surface area contributed by atoms with Crippen molar-refractivity contribution in [1.82, 2.24) is 5.32 Å². The van der Waals surface area contributed by atoms with Gasteiger partial charge >= 0.3 is 0 Å². The monoisotopic (exact) mass is 343 g/mol. The van der Waals surface area contributed by atoms with Gasteiger partial charge in [-0.15, -0.1) is 0 Å². The quantitative estimate of drug-likeness (QED) is 0.813. The van der Waals surface area contributed by atoms with Gasteiger partial charge in [-0.1, -0.05) is 18.2 Å². The lowest BCUT2D eigenvalue weighted by atomic mass is 9.98. The fraction of sp³-hybridized carbons (Fsp3) is 0.200. The maximum absolute atomic E-state index is 13.6. The minimum absolute atomic E-state index is 0.0910. The molecule has 0 bridgehead atoms. The Balaban J connectivity index is 2.31. The van der Waals surface area contributed by atoms with Crippen LogP contribution in [0.3, 0.4) is 0 Å². The van der Waals surface area contributed by atoms with E-state index in [0.717, 1.165) is 11.6 Å². The molecule has 1 unspecified atom stereocenters. The minimum Gasteiger partial charge on any atom is -0.313 e. The third kappa shape index (κ3) is 3.22. The molecule has 0 heterocycles. The summed E-state index contributed by atoms with van der Waals surface area (Å²) in [7, 11) is 1.72. The normalized spacial score (nSPS) is 12.4. The van der Waals surface area contributed by atoms with Crippen LogP contribution in [0.15, 0.2) is 40.9 Å². The van der Waals surface area contributed by atoms with E-state index in [-0.39, 0.29) is 16.3 Å². The first-order valence-electron chi connectivity index (χ1n) is 6.08. The van der Waals surface area contributed by atoms with Crippen LogP contribution in [-0.4, -0.2) is 7.05 Å². The number of rotatable bonds is 4. The summed E-state index contributed by atoms with van der Waals surface area (Å²) in [6.45, 7) is 0. The Morgan fingerprint density at radius 3 is 2.55 bits per heavy atom. The molecule has 0 radical (unpaired) electrons. The smallest absolute Gasteiger partial charge is 0.173 e. The van der Waals surface area contributed by atoms with Crippen LogP contribution in [0.25, 0.3) is 0 Å². The number of nitrogens with one attached hydrogen (secondary N) is 1. The summed E-state index contributed by atoms with van der Waals surface area (Å²) in [5.74, 6) is -2.13. The number of hydrogen-bond acceptors (Lipinski definition) is 1. The van der Waals surface area contributed by atoms with Gasteiger partial charge in [-0.25, -0.2) is 13.2 Å². The zero-order chi connectivity index (χ0) is 14.7. The van der Waals surface area contributed by atoms with E-state index in [1.807, 2.05) is 0 Å². The highest BCUT2D eigenvalue weighted by Gasteiger charge is 2.18. The Hall–Kier alpha value is -1.33. The second-order valence-corrected chi connectivity index (χ2v) is 5.23. The molecule has 106 valence electrons. The Labute approximate surface area is 123 Å². The highest BCUT2D eigenvalue weighted by Crippen LogP contribution is 2.29. The molecular weight excluding hydrogens is 331 g/mol. The zero-order valence-electron chi connectivity index (χ0n) is 10.8. The first-order valence-corrected chi connectivity index (χ1v) is 6.87. The molecular formula is C15H13BrF3N. The molecule has 2 aromatic rings. The molecule has 0 fully saturated rings. The molecule has 0 aliphatic rings. The number of benzene rings is 2. The molecule has 1 nitrogen and oxygen atoms in total. The van der Waals surface area contributed by atoms with Gasteiger partial charge in [0.2, 0.25) is 0 Å². The van der Waals surface area contributed by atoms with E-state index in [4.69, 9.17) is 0 Å². The van der Waals surface area contributed by atoms with E-state index in [1.54, 1.807) is 19.2 Å². The van der Waals surface area contributed by atoms with E-state index in [0.29, 0.717) is 12.0 Å². The standard InChI is InChI=1S/C15H13BrF3N/c1-20-13(8-9-3-2-4-10(17)7-9)11-5-6-12(18)15(19)14(11)16/h2-7,13,20H,8H2,1H3. The Bertz CT molecular complexity index is 616. The van der Waals surface area contributed by atoms with Gasteiger partial charge in [0.05, 0.1) is 4.47 Å². The molecule has 0 saturated carbocycles. The Morgan fingerprint density at radius 1 is 1.15 bits per heavy atom. The van der Waals surface area contributed by atoms with Crippen molar-refractivity contribution in [2.75, 3.05) is 7.05 Å². The zero-order valence-corrected chi connectivity index (χ0v) is 12.3.